The van der Waals surface area contributed by atoms with Crippen LogP contribution in [-0.2, 0) is 16.6 Å². The quantitative estimate of drug-likeness (QED) is 0.393. The van der Waals surface area contributed by atoms with Crippen molar-refractivity contribution in [1.82, 2.24) is 9.13 Å². The Kier molecular flexibility index (Phi) is 6.33. The fraction of sp³-hybridized carbons (Fsp3) is 0.207. The van der Waals surface area contributed by atoms with Gasteiger partial charge < -0.3 is 9.30 Å². The van der Waals surface area contributed by atoms with Gasteiger partial charge in [-0.05, 0) is 44.0 Å². The van der Waals surface area contributed by atoms with E-state index >= 15 is 0 Å². The van der Waals surface area contributed by atoms with Gasteiger partial charge in [-0.3, -0.25) is 9.36 Å². The average molecular weight is 498 g/mol. The first-order chi connectivity index (χ1) is 17.4. The van der Waals surface area contributed by atoms with Gasteiger partial charge in [0.2, 0.25) is 0 Å². The molecule has 1 unspecified atom stereocenters. The first kappa shape index (κ1) is 23.8. The van der Waals surface area contributed by atoms with Gasteiger partial charge in [-0.1, -0.05) is 72.0 Å². The Balaban J connectivity index is 1.84. The van der Waals surface area contributed by atoms with E-state index < -0.39 is 12.0 Å². The summed E-state index contributed by atoms with van der Waals surface area (Å²) in [4.78, 5) is 32.7. The first-order valence-electron chi connectivity index (χ1n) is 11.9. The molecule has 1 aliphatic rings. The molecule has 0 N–H and O–H groups in total. The van der Waals surface area contributed by atoms with Gasteiger partial charge in [0, 0.05) is 24.0 Å². The summed E-state index contributed by atoms with van der Waals surface area (Å²) in [6.07, 6.45) is 1.92. The molecule has 3 heterocycles. The predicted molar refractivity (Wildman–Crippen MR) is 142 cm³/mol. The molecule has 0 amide bonds. The predicted octanol–water partition coefficient (Wildman–Crippen LogP) is 3.89. The number of aromatic nitrogens is 2. The number of benzene rings is 2. The number of fused-ring (bicyclic) bond motifs is 1. The highest BCUT2D eigenvalue weighted by atomic mass is 32.1. The molecular weight excluding hydrogens is 470 g/mol. The number of hydrogen-bond acceptors (Lipinski definition) is 5. The van der Waals surface area contributed by atoms with Crippen molar-refractivity contribution in [2.75, 3.05) is 6.61 Å². The van der Waals surface area contributed by atoms with Crippen molar-refractivity contribution in [2.24, 2.45) is 12.0 Å². The highest BCUT2D eigenvalue weighted by molar-refractivity contribution is 7.07. The van der Waals surface area contributed by atoms with E-state index in [2.05, 4.69) is 10.6 Å². The smallest absolute Gasteiger partial charge is 0.338 e. The summed E-state index contributed by atoms with van der Waals surface area (Å²) >= 11 is 1.34. The van der Waals surface area contributed by atoms with Crippen molar-refractivity contribution in [1.29, 1.82) is 0 Å². The standard InChI is InChI=1S/C29H27N3O3S/c1-5-35-28(34)24-25(20-12-8-6-9-13-20)30-29-32(26(24)21-14-10-7-11-15-21)27(33)23(36-29)17-22-16-18(2)31(4)19(22)3/h6-17,26H,5H2,1-4H3/b23-17+. The zero-order chi connectivity index (χ0) is 25.4. The Morgan fingerprint density at radius 3 is 2.36 bits per heavy atom. The number of aryl methyl sites for hydroxylation is 1. The second kappa shape index (κ2) is 9.59. The molecule has 0 saturated heterocycles. The van der Waals surface area contributed by atoms with E-state index in [1.165, 1.54) is 11.3 Å². The normalized spacial score (nSPS) is 15.6. The molecule has 0 fully saturated rings. The third-order valence-electron chi connectivity index (χ3n) is 6.59. The summed E-state index contributed by atoms with van der Waals surface area (Å²) < 4.78 is 9.80. The lowest BCUT2D eigenvalue weighted by molar-refractivity contribution is -0.138. The largest absolute Gasteiger partial charge is 0.463 e. The molecule has 0 saturated carbocycles. The van der Waals surface area contributed by atoms with E-state index in [9.17, 15) is 9.59 Å². The lowest BCUT2D eigenvalue weighted by Crippen LogP contribution is -2.40. The first-order valence-corrected chi connectivity index (χ1v) is 12.7. The highest BCUT2D eigenvalue weighted by Crippen LogP contribution is 2.35. The summed E-state index contributed by atoms with van der Waals surface area (Å²) in [5.41, 5.74) is 5.52. The average Bonchev–Trinajstić information content (AvgIpc) is 3.34. The minimum atomic E-state index is -0.655. The Labute approximate surface area is 213 Å². The molecule has 1 aliphatic heterocycles. The van der Waals surface area contributed by atoms with Crippen molar-refractivity contribution in [3.8, 4) is 0 Å². The van der Waals surface area contributed by atoms with Gasteiger partial charge in [-0.25, -0.2) is 9.79 Å². The lowest BCUT2D eigenvalue weighted by Gasteiger charge is -2.25. The molecule has 1 atom stereocenters. The minimum Gasteiger partial charge on any atom is -0.463 e. The summed E-state index contributed by atoms with van der Waals surface area (Å²) in [6, 6.07) is 20.6. The number of nitrogens with zero attached hydrogens (tertiary/aromatic N) is 3. The van der Waals surface area contributed by atoms with E-state index in [1.54, 1.807) is 11.5 Å². The number of hydrogen-bond donors (Lipinski definition) is 0. The van der Waals surface area contributed by atoms with Crippen LogP contribution < -0.4 is 14.9 Å². The zero-order valence-corrected chi connectivity index (χ0v) is 21.5. The van der Waals surface area contributed by atoms with Gasteiger partial charge in [0.05, 0.1) is 28.5 Å². The van der Waals surface area contributed by atoms with Gasteiger partial charge in [0.25, 0.3) is 5.56 Å². The molecule has 4 aromatic rings. The topological polar surface area (TPSA) is 65.6 Å². The molecular formula is C29H27N3O3S. The Morgan fingerprint density at radius 1 is 1.08 bits per heavy atom. The van der Waals surface area contributed by atoms with Crippen molar-refractivity contribution in [3.05, 3.63) is 120 Å². The number of thiazole rings is 1. The second-order valence-corrected chi connectivity index (χ2v) is 9.74. The van der Waals surface area contributed by atoms with Crippen LogP contribution in [0.3, 0.4) is 0 Å². The van der Waals surface area contributed by atoms with Crippen LogP contribution >= 0.6 is 11.3 Å². The summed E-state index contributed by atoms with van der Waals surface area (Å²) in [5, 5.41) is 0. The number of ether oxygens (including phenoxy) is 1. The number of carbonyl (C=O) groups excluding carboxylic acids is 1. The van der Waals surface area contributed by atoms with Crippen molar-refractivity contribution in [2.45, 2.75) is 26.8 Å². The highest BCUT2D eigenvalue weighted by Gasteiger charge is 2.35. The molecule has 36 heavy (non-hydrogen) atoms. The molecule has 5 rings (SSSR count). The Hall–Kier alpha value is -3.97. The van der Waals surface area contributed by atoms with Crippen LogP contribution in [0.2, 0.25) is 0 Å². The fourth-order valence-corrected chi connectivity index (χ4v) is 5.55. The molecule has 2 aromatic heterocycles. The molecule has 6 nitrogen and oxygen atoms in total. The SMILES string of the molecule is CCOC(=O)C1=C(c2ccccc2)N=c2s/c(=C/c3cc(C)n(C)c3C)c(=O)n2C1c1ccccc1. The van der Waals surface area contributed by atoms with Crippen molar-refractivity contribution < 1.29 is 9.53 Å². The third kappa shape index (κ3) is 4.05. The Bertz CT molecular complexity index is 1660. The van der Waals surface area contributed by atoms with Crippen LogP contribution in [0.25, 0.3) is 11.8 Å². The molecule has 182 valence electrons. The van der Waals surface area contributed by atoms with Gasteiger partial charge in [-0.2, -0.15) is 0 Å². The van der Waals surface area contributed by atoms with E-state index in [-0.39, 0.29) is 12.2 Å². The van der Waals surface area contributed by atoms with Crippen molar-refractivity contribution >= 4 is 29.1 Å². The zero-order valence-electron chi connectivity index (χ0n) is 20.7. The fourth-order valence-electron chi connectivity index (χ4n) is 4.56. The molecule has 0 bridgehead atoms. The number of esters is 1. The van der Waals surface area contributed by atoms with E-state index in [0.717, 1.165) is 28.1 Å². The van der Waals surface area contributed by atoms with Crippen LogP contribution in [0, 0.1) is 13.8 Å². The van der Waals surface area contributed by atoms with Crippen LogP contribution in [0.5, 0.6) is 0 Å². The van der Waals surface area contributed by atoms with Gasteiger partial charge >= 0.3 is 5.97 Å². The maximum atomic E-state index is 13.9. The summed E-state index contributed by atoms with van der Waals surface area (Å²) in [7, 11) is 2.01. The van der Waals surface area contributed by atoms with Crippen LogP contribution in [0.4, 0.5) is 0 Å². The molecule has 2 aromatic carbocycles. The van der Waals surface area contributed by atoms with Crippen molar-refractivity contribution in [3.63, 3.8) is 0 Å². The maximum Gasteiger partial charge on any atom is 0.338 e. The minimum absolute atomic E-state index is 0.178. The maximum absolute atomic E-state index is 13.9. The van der Waals surface area contributed by atoms with E-state index in [1.807, 2.05) is 87.6 Å². The van der Waals surface area contributed by atoms with Crippen LogP contribution in [0.15, 0.2) is 82.1 Å². The van der Waals surface area contributed by atoms with Gasteiger partial charge in [-0.15, -0.1) is 0 Å². The number of carbonyl (C=O) groups is 1. The summed E-state index contributed by atoms with van der Waals surface area (Å²) in [6.45, 7) is 6.08. The molecule has 0 spiro atoms. The molecule has 0 aliphatic carbocycles. The van der Waals surface area contributed by atoms with E-state index in [0.29, 0.717) is 20.6 Å². The third-order valence-corrected chi connectivity index (χ3v) is 7.57. The van der Waals surface area contributed by atoms with Gasteiger partial charge in [0.1, 0.15) is 0 Å². The molecule has 7 heteroatoms. The lowest BCUT2D eigenvalue weighted by atomic mass is 9.93. The Morgan fingerprint density at radius 2 is 1.75 bits per heavy atom. The molecule has 0 radical (unpaired) electrons. The second-order valence-electron chi connectivity index (χ2n) is 8.73. The van der Waals surface area contributed by atoms with Crippen LogP contribution in [-0.4, -0.2) is 21.7 Å². The monoisotopic (exact) mass is 497 g/mol. The van der Waals surface area contributed by atoms with Gasteiger partial charge in [0.15, 0.2) is 4.80 Å². The summed E-state index contributed by atoms with van der Waals surface area (Å²) in [5.74, 6) is -0.474. The van der Waals surface area contributed by atoms with E-state index in [4.69, 9.17) is 9.73 Å². The number of rotatable bonds is 5. The van der Waals surface area contributed by atoms with Crippen LogP contribution in [0.1, 0.15) is 41.0 Å².